The minimum atomic E-state index is -2.69. The van der Waals surface area contributed by atoms with Crippen LogP contribution in [-0.4, -0.2) is 25.4 Å². The quantitative estimate of drug-likeness (QED) is 0.439. The van der Waals surface area contributed by atoms with E-state index < -0.39 is 7.52 Å². The Morgan fingerprint density at radius 3 is 2.82 bits per heavy atom. The molecule has 0 aliphatic carbocycles. The third kappa shape index (κ3) is 1.39. The molecule has 11 heavy (non-hydrogen) atoms. The van der Waals surface area contributed by atoms with E-state index in [4.69, 9.17) is 10.9 Å². The largest absolute Gasteiger partial charge is 0.318 e. The van der Waals surface area contributed by atoms with Gasteiger partial charge < -0.3 is 4.52 Å². The number of rotatable bonds is 1. The maximum absolute atomic E-state index is 11.6. The molecule has 1 aliphatic rings. The summed E-state index contributed by atoms with van der Waals surface area (Å²) in [6, 6.07) is 0. The first kappa shape index (κ1) is 8.55. The van der Waals surface area contributed by atoms with Crippen molar-refractivity contribution in [3.05, 3.63) is 11.4 Å². The van der Waals surface area contributed by atoms with Gasteiger partial charge in [-0.15, -0.1) is 6.42 Å². The second kappa shape index (κ2) is 2.83. The topological polar surface area (TPSA) is 29.5 Å². The second-order valence-corrected chi connectivity index (χ2v) is 4.80. The van der Waals surface area contributed by atoms with E-state index >= 15 is 0 Å². The van der Waals surface area contributed by atoms with Crippen LogP contribution < -0.4 is 0 Å². The lowest BCUT2D eigenvalue weighted by Crippen LogP contribution is -2.11. The zero-order chi connectivity index (χ0) is 8.48. The highest BCUT2D eigenvalue weighted by atomic mass is 31.2. The van der Waals surface area contributed by atoms with Gasteiger partial charge in [0.25, 0.3) is 7.52 Å². The van der Waals surface area contributed by atoms with Gasteiger partial charge in [0, 0.05) is 25.0 Å². The molecule has 1 rings (SSSR count). The van der Waals surface area contributed by atoms with Gasteiger partial charge in [-0.05, 0) is 7.05 Å². The lowest BCUT2D eigenvalue weighted by atomic mass is 10.3. The summed E-state index contributed by atoms with van der Waals surface area (Å²) in [6.07, 6.45) is 5.15. The molecule has 0 aromatic rings. The van der Waals surface area contributed by atoms with Crippen LogP contribution in [0.25, 0.3) is 0 Å². The molecule has 0 radical (unpaired) electrons. The van der Waals surface area contributed by atoms with Gasteiger partial charge in [-0.25, -0.2) is 4.67 Å². The van der Waals surface area contributed by atoms with Crippen molar-refractivity contribution in [3.8, 4) is 12.3 Å². The van der Waals surface area contributed by atoms with Crippen molar-refractivity contribution in [2.75, 3.05) is 20.7 Å². The first-order chi connectivity index (χ1) is 5.12. The molecule has 0 aromatic carbocycles. The minimum Gasteiger partial charge on any atom is -0.318 e. The van der Waals surface area contributed by atoms with Crippen molar-refractivity contribution >= 4 is 7.52 Å². The third-order valence-electron chi connectivity index (χ3n) is 1.64. The highest BCUT2D eigenvalue weighted by molar-refractivity contribution is 7.60. The fraction of sp³-hybridized carbons (Fsp3) is 0.429. The zero-order valence-electron chi connectivity index (χ0n) is 6.57. The van der Waals surface area contributed by atoms with Crippen LogP contribution in [0, 0.1) is 12.3 Å². The number of hydrogen-bond acceptors (Lipinski definition) is 2. The van der Waals surface area contributed by atoms with E-state index in [1.165, 1.54) is 12.9 Å². The molecule has 1 aliphatic heterocycles. The molecular formula is C7H10NO2P. The lowest BCUT2D eigenvalue weighted by molar-refractivity contribution is 0.352. The van der Waals surface area contributed by atoms with E-state index in [-0.39, 0.29) is 0 Å². The van der Waals surface area contributed by atoms with E-state index in [0.717, 1.165) is 5.57 Å². The predicted octanol–water partition coefficient (Wildman–Crippen LogP) is 1.29. The summed E-state index contributed by atoms with van der Waals surface area (Å²) in [6.45, 7) is 0.543. The molecular weight excluding hydrogens is 161 g/mol. The average molecular weight is 171 g/mol. The Morgan fingerprint density at radius 2 is 2.55 bits per heavy atom. The Hall–Kier alpha value is -0.550. The maximum atomic E-state index is 11.6. The molecule has 0 aromatic heterocycles. The summed E-state index contributed by atoms with van der Waals surface area (Å²) in [7, 11) is 0.465. The average Bonchev–Trinajstić information content (AvgIpc) is 2.29. The van der Waals surface area contributed by atoms with Crippen molar-refractivity contribution in [2.24, 2.45) is 0 Å². The van der Waals surface area contributed by atoms with Crippen molar-refractivity contribution in [1.29, 1.82) is 0 Å². The molecule has 0 spiro atoms. The van der Waals surface area contributed by atoms with E-state index in [2.05, 4.69) is 5.92 Å². The van der Waals surface area contributed by atoms with E-state index in [1.54, 1.807) is 11.7 Å². The molecule has 60 valence electrons. The Labute approximate surface area is 66.5 Å². The summed E-state index contributed by atoms with van der Waals surface area (Å²) in [5.74, 6) is 3.99. The Balaban J connectivity index is 2.95. The van der Waals surface area contributed by atoms with Gasteiger partial charge in [-0.1, -0.05) is 5.92 Å². The van der Waals surface area contributed by atoms with Crippen LogP contribution in [0.3, 0.4) is 0 Å². The smallest absolute Gasteiger partial charge is 0.296 e. The SMILES string of the molecule is C#CC1=CP(=O)(OC)N(C)C1. The third-order valence-corrected chi connectivity index (χ3v) is 3.90. The molecule has 0 fully saturated rings. The standard InChI is InChI=1S/C7H10NO2P/c1-4-7-5-8(2)11(9,6-7)10-3/h1,6H,5H2,2-3H3. The molecule has 0 amide bonds. The van der Waals surface area contributed by atoms with Gasteiger partial charge in [-0.3, -0.25) is 4.57 Å². The lowest BCUT2D eigenvalue weighted by Gasteiger charge is -2.16. The highest BCUT2D eigenvalue weighted by Crippen LogP contribution is 2.55. The van der Waals surface area contributed by atoms with E-state index in [9.17, 15) is 4.57 Å². The minimum absolute atomic E-state index is 0.543. The second-order valence-electron chi connectivity index (χ2n) is 2.36. The Kier molecular flexibility index (Phi) is 2.20. The summed E-state index contributed by atoms with van der Waals surface area (Å²) < 4.78 is 18.1. The van der Waals surface area contributed by atoms with E-state index in [1.807, 2.05) is 0 Å². The van der Waals surface area contributed by atoms with Gasteiger partial charge >= 0.3 is 0 Å². The molecule has 1 heterocycles. The first-order valence-electron chi connectivity index (χ1n) is 3.18. The molecule has 0 bridgehead atoms. The van der Waals surface area contributed by atoms with Crippen LogP contribution in [0.1, 0.15) is 0 Å². The molecule has 0 saturated carbocycles. The van der Waals surface area contributed by atoms with Crippen LogP contribution in [0.4, 0.5) is 0 Å². The first-order valence-corrected chi connectivity index (χ1v) is 4.82. The summed E-state index contributed by atoms with van der Waals surface area (Å²) in [5, 5.41) is 0. The molecule has 0 N–H and O–H groups in total. The monoisotopic (exact) mass is 171 g/mol. The number of nitrogens with zero attached hydrogens (tertiary/aromatic N) is 1. The van der Waals surface area contributed by atoms with Crippen molar-refractivity contribution < 1.29 is 9.09 Å². The predicted molar refractivity (Wildman–Crippen MR) is 44.2 cm³/mol. The van der Waals surface area contributed by atoms with Gasteiger partial charge in [-0.2, -0.15) is 0 Å². The molecule has 4 heteroatoms. The summed E-state index contributed by atoms with van der Waals surface area (Å²) >= 11 is 0. The zero-order valence-corrected chi connectivity index (χ0v) is 7.47. The van der Waals surface area contributed by atoms with E-state index in [0.29, 0.717) is 6.54 Å². The molecule has 1 atom stereocenters. The van der Waals surface area contributed by atoms with Crippen LogP contribution in [0.2, 0.25) is 0 Å². The van der Waals surface area contributed by atoms with Crippen LogP contribution in [0.15, 0.2) is 11.4 Å². The van der Waals surface area contributed by atoms with Crippen LogP contribution in [-0.2, 0) is 9.09 Å². The van der Waals surface area contributed by atoms with Gasteiger partial charge in [0.2, 0.25) is 0 Å². The van der Waals surface area contributed by atoms with Crippen LogP contribution in [0.5, 0.6) is 0 Å². The van der Waals surface area contributed by atoms with Crippen molar-refractivity contribution in [1.82, 2.24) is 4.67 Å². The highest BCUT2D eigenvalue weighted by Gasteiger charge is 2.31. The normalized spacial score (nSPS) is 31.5. The van der Waals surface area contributed by atoms with Crippen molar-refractivity contribution in [3.63, 3.8) is 0 Å². The summed E-state index contributed by atoms with van der Waals surface area (Å²) in [4.78, 5) is 0. The van der Waals surface area contributed by atoms with Crippen molar-refractivity contribution in [2.45, 2.75) is 0 Å². The number of terminal acetylenes is 1. The Bertz CT molecular complexity index is 277. The number of likely N-dealkylation sites (N-methyl/N-ethyl adjacent to an activating group) is 1. The fourth-order valence-electron chi connectivity index (χ4n) is 0.956. The van der Waals surface area contributed by atoms with Gasteiger partial charge in [0.1, 0.15) is 0 Å². The molecule has 1 unspecified atom stereocenters. The number of hydrogen-bond donors (Lipinski definition) is 0. The van der Waals surface area contributed by atoms with Gasteiger partial charge in [0.15, 0.2) is 0 Å². The molecule has 0 saturated heterocycles. The fourth-order valence-corrected chi connectivity index (χ4v) is 2.44. The molecule has 3 nitrogen and oxygen atoms in total. The van der Waals surface area contributed by atoms with Crippen LogP contribution >= 0.6 is 7.52 Å². The van der Waals surface area contributed by atoms with Gasteiger partial charge in [0.05, 0.1) is 0 Å². The maximum Gasteiger partial charge on any atom is 0.296 e. The Morgan fingerprint density at radius 1 is 1.91 bits per heavy atom. The summed E-state index contributed by atoms with van der Waals surface area (Å²) in [5.41, 5.74) is 0.734.